The number of ketones is 1. The van der Waals surface area contributed by atoms with Gasteiger partial charge in [-0.2, -0.15) is 0 Å². The van der Waals surface area contributed by atoms with E-state index < -0.39 is 0 Å². The predicted octanol–water partition coefficient (Wildman–Crippen LogP) is 1.87. The van der Waals surface area contributed by atoms with Crippen LogP contribution in [0.25, 0.3) is 0 Å². The van der Waals surface area contributed by atoms with Crippen molar-refractivity contribution in [3.8, 4) is 0 Å². The van der Waals surface area contributed by atoms with E-state index in [-0.39, 0.29) is 5.92 Å². The number of carbonyl (C=O) groups excluding carboxylic acids is 1. The molecule has 1 heteroatoms. The Morgan fingerprint density at radius 3 is 1.62 bits per heavy atom. The van der Waals surface area contributed by atoms with Crippen LogP contribution in [0.5, 0.6) is 0 Å². The van der Waals surface area contributed by atoms with Crippen molar-refractivity contribution in [2.45, 2.75) is 27.7 Å². The lowest BCUT2D eigenvalue weighted by molar-refractivity contribution is -0.121. The molecule has 48 valence electrons. The molecule has 0 heterocycles. The largest absolute Gasteiger partial charge is 0.300 e. The smallest absolute Gasteiger partial charge is 0.132 e. The van der Waals surface area contributed by atoms with Crippen LogP contribution in [0.15, 0.2) is 0 Å². The first kappa shape index (κ1) is 7.67. The van der Waals surface area contributed by atoms with Crippen molar-refractivity contribution in [1.29, 1.82) is 0 Å². The molecule has 0 aliphatic rings. The highest BCUT2D eigenvalue weighted by Gasteiger charge is 2.10. The van der Waals surface area contributed by atoms with Crippen molar-refractivity contribution in [2.75, 3.05) is 0 Å². The third kappa shape index (κ3) is 2.10. The fourth-order valence-electron chi connectivity index (χ4n) is 0.469. The van der Waals surface area contributed by atoms with Gasteiger partial charge in [0.25, 0.3) is 0 Å². The molecule has 0 saturated heterocycles. The molecule has 0 aliphatic heterocycles. The van der Waals surface area contributed by atoms with Crippen molar-refractivity contribution >= 4 is 5.78 Å². The van der Waals surface area contributed by atoms with Crippen LogP contribution in [-0.4, -0.2) is 5.78 Å². The Labute approximate surface area is 51.1 Å². The highest BCUT2D eigenvalue weighted by atomic mass is 16.1. The van der Waals surface area contributed by atoms with Crippen LogP contribution in [0.4, 0.5) is 0 Å². The molecule has 0 aromatic carbocycles. The Kier molecular flexibility index (Phi) is 2.74. The predicted molar refractivity (Wildman–Crippen MR) is 34.7 cm³/mol. The summed E-state index contributed by atoms with van der Waals surface area (Å²) in [6, 6.07) is 0. The molecule has 0 aromatic rings. The third-order valence-electron chi connectivity index (χ3n) is 1.64. The Morgan fingerprint density at radius 1 is 1.25 bits per heavy atom. The topological polar surface area (TPSA) is 17.1 Å². The van der Waals surface area contributed by atoms with Crippen molar-refractivity contribution in [2.24, 2.45) is 11.8 Å². The minimum absolute atomic E-state index is 0.231. The van der Waals surface area contributed by atoms with Crippen LogP contribution in [0.2, 0.25) is 0 Å². The van der Waals surface area contributed by atoms with Crippen LogP contribution >= 0.6 is 0 Å². The van der Waals surface area contributed by atoms with Crippen LogP contribution < -0.4 is 0 Å². The lowest BCUT2D eigenvalue weighted by Gasteiger charge is -2.09. The van der Waals surface area contributed by atoms with Gasteiger partial charge in [0, 0.05) is 5.92 Å². The maximum Gasteiger partial charge on any atom is 0.132 e. The molecular weight excluding hydrogens is 100 g/mol. The van der Waals surface area contributed by atoms with Crippen LogP contribution in [-0.2, 0) is 4.79 Å². The van der Waals surface area contributed by atoms with Gasteiger partial charge in [-0.15, -0.1) is 0 Å². The summed E-state index contributed by atoms with van der Waals surface area (Å²) in [6.45, 7) is 7.73. The zero-order valence-corrected chi connectivity index (χ0v) is 6.06. The monoisotopic (exact) mass is 114 g/mol. The molecule has 8 heavy (non-hydrogen) atoms. The van der Waals surface area contributed by atoms with E-state index in [0.29, 0.717) is 11.7 Å². The highest BCUT2D eigenvalue weighted by molar-refractivity contribution is 5.78. The molecule has 0 saturated carbocycles. The quantitative estimate of drug-likeness (QED) is 0.535. The molecule has 0 fully saturated rings. The van der Waals surface area contributed by atoms with E-state index in [9.17, 15) is 4.79 Å². The summed E-state index contributed by atoms with van der Waals surface area (Å²) in [6.07, 6.45) is 0. The Hall–Kier alpha value is -0.330. The van der Waals surface area contributed by atoms with Gasteiger partial charge in [0.05, 0.1) is 0 Å². The van der Waals surface area contributed by atoms with Gasteiger partial charge in [-0.25, -0.2) is 0 Å². The third-order valence-corrected chi connectivity index (χ3v) is 1.64. The Morgan fingerprint density at radius 2 is 1.62 bits per heavy atom. The van der Waals surface area contributed by atoms with Gasteiger partial charge in [-0.1, -0.05) is 20.8 Å². The SMILES string of the molecule is CC(=O)[C@H](C)C(C)C. The molecule has 0 radical (unpaired) electrons. The summed E-state index contributed by atoms with van der Waals surface area (Å²) in [5.74, 6) is 1.02. The first-order valence-electron chi connectivity index (χ1n) is 3.06. The van der Waals surface area contributed by atoms with E-state index in [1.54, 1.807) is 6.92 Å². The zero-order valence-electron chi connectivity index (χ0n) is 6.06. The van der Waals surface area contributed by atoms with Crippen molar-refractivity contribution in [3.05, 3.63) is 0 Å². The molecule has 1 atom stereocenters. The lowest BCUT2D eigenvalue weighted by Crippen LogP contribution is -2.12. The summed E-state index contributed by atoms with van der Waals surface area (Å²) in [5, 5.41) is 0. The van der Waals surface area contributed by atoms with Crippen LogP contribution in [0, 0.1) is 11.8 Å². The maximum atomic E-state index is 10.6. The van der Waals surface area contributed by atoms with Crippen molar-refractivity contribution < 1.29 is 4.79 Å². The van der Waals surface area contributed by atoms with Crippen LogP contribution in [0.1, 0.15) is 27.7 Å². The number of Topliss-reactive ketones (excluding diaryl/α,β-unsaturated/α-hetero) is 1. The van der Waals surface area contributed by atoms with E-state index >= 15 is 0 Å². The second-order valence-corrected chi connectivity index (χ2v) is 2.64. The van der Waals surface area contributed by atoms with E-state index in [1.807, 2.05) is 6.92 Å². The average molecular weight is 114 g/mol. The number of hydrogen-bond acceptors (Lipinski definition) is 1. The second kappa shape index (κ2) is 2.85. The fraction of sp³-hybridized carbons (Fsp3) is 0.857. The minimum atomic E-state index is 0.231. The molecule has 0 amide bonds. The van der Waals surface area contributed by atoms with E-state index in [4.69, 9.17) is 0 Å². The molecule has 1 nitrogen and oxygen atoms in total. The van der Waals surface area contributed by atoms with Crippen molar-refractivity contribution in [3.63, 3.8) is 0 Å². The summed E-state index contributed by atoms with van der Waals surface area (Å²) < 4.78 is 0. The summed E-state index contributed by atoms with van der Waals surface area (Å²) in [4.78, 5) is 10.6. The van der Waals surface area contributed by atoms with Gasteiger partial charge in [0.1, 0.15) is 5.78 Å². The standard InChI is InChI=1S/C7H14O/c1-5(2)6(3)7(4)8/h5-6H,1-4H3/t6-/m1/s1. The minimum Gasteiger partial charge on any atom is -0.300 e. The van der Waals surface area contributed by atoms with Crippen molar-refractivity contribution in [1.82, 2.24) is 0 Å². The van der Waals surface area contributed by atoms with E-state index in [2.05, 4.69) is 13.8 Å². The number of hydrogen-bond donors (Lipinski definition) is 0. The van der Waals surface area contributed by atoms with Gasteiger partial charge in [0.2, 0.25) is 0 Å². The molecule has 0 bridgehead atoms. The van der Waals surface area contributed by atoms with Gasteiger partial charge in [-0.05, 0) is 12.8 Å². The summed E-state index contributed by atoms with van der Waals surface area (Å²) in [7, 11) is 0. The lowest BCUT2D eigenvalue weighted by atomic mass is 9.95. The van der Waals surface area contributed by atoms with Gasteiger partial charge < -0.3 is 0 Å². The van der Waals surface area contributed by atoms with Crippen LogP contribution in [0.3, 0.4) is 0 Å². The Bertz CT molecular complexity index is 84.4. The molecular formula is C7H14O. The summed E-state index contributed by atoms with van der Waals surface area (Å²) >= 11 is 0. The zero-order chi connectivity index (χ0) is 6.73. The number of rotatable bonds is 2. The maximum absolute atomic E-state index is 10.6. The summed E-state index contributed by atoms with van der Waals surface area (Å²) in [5.41, 5.74) is 0. The van der Waals surface area contributed by atoms with E-state index in [0.717, 1.165) is 0 Å². The highest BCUT2D eigenvalue weighted by Crippen LogP contribution is 2.09. The second-order valence-electron chi connectivity index (χ2n) is 2.64. The molecule has 0 aromatic heterocycles. The molecule has 0 rings (SSSR count). The van der Waals surface area contributed by atoms with Gasteiger partial charge in [0.15, 0.2) is 0 Å². The first-order valence-corrected chi connectivity index (χ1v) is 3.06. The molecule has 0 aliphatic carbocycles. The molecule has 0 unspecified atom stereocenters. The van der Waals surface area contributed by atoms with Gasteiger partial charge in [-0.3, -0.25) is 4.79 Å². The molecule has 0 N–H and O–H groups in total. The number of carbonyl (C=O) groups is 1. The Balaban J connectivity index is 3.64. The van der Waals surface area contributed by atoms with E-state index in [1.165, 1.54) is 0 Å². The average Bonchev–Trinajstić information content (AvgIpc) is 1.64. The van der Waals surface area contributed by atoms with Gasteiger partial charge >= 0.3 is 0 Å². The normalized spacial score (nSPS) is 14.1. The first-order chi connectivity index (χ1) is 3.55. The molecule has 0 spiro atoms. The fourth-order valence-corrected chi connectivity index (χ4v) is 0.469.